The molecule has 2 aromatic rings. The van der Waals surface area contributed by atoms with Gasteiger partial charge in [-0.3, -0.25) is 4.90 Å². The number of fused-ring (bicyclic) bond motifs is 1. The molecule has 4 rings (SSSR count). The van der Waals surface area contributed by atoms with E-state index >= 15 is 0 Å². The van der Waals surface area contributed by atoms with Crippen LogP contribution in [0, 0.1) is 5.82 Å². The van der Waals surface area contributed by atoms with E-state index in [1.54, 1.807) is 0 Å². The SMILES string of the molecule is COc1ccc(F)cc1S(=O)(=O)N1CCC(N2CCc3sccc3C2)CC1. The average Bonchev–Trinajstić information content (AvgIpc) is 3.16. The lowest BCUT2D eigenvalue weighted by molar-refractivity contribution is 0.127. The minimum atomic E-state index is -3.77. The lowest BCUT2D eigenvalue weighted by Gasteiger charge is -2.39. The van der Waals surface area contributed by atoms with Crippen molar-refractivity contribution in [2.75, 3.05) is 26.7 Å². The topological polar surface area (TPSA) is 49.9 Å². The third-order valence-corrected chi connectivity index (χ3v) is 8.46. The summed E-state index contributed by atoms with van der Waals surface area (Å²) in [4.78, 5) is 3.86. The lowest BCUT2D eigenvalue weighted by Crippen LogP contribution is -2.47. The number of benzene rings is 1. The summed E-state index contributed by atoms with van der Waals surface area (Å²) in [6, 6.07) is 6.20. The molecule has 1 aromatic heterocycles. The Bertz CT molecular complexity index is 921. The first kappa shape index (κ1) is 18.9. The Labute approximate surface area is 163 Å². The minimum absolute atomic E-state index is 0.0932. The molecule has 0 unspecified atom stereocenters. The molecule has 0 saturated carbocycles. The molecule has 0 bridgehead atoms. The standard InChI is InChI=1S/C19H23FN2O3S2/c1-25-17-3-2-15(20)12-19(17)27(23,24)22-9-4-16(5-10-22)21-8-6-18-14(13-21)7-11-26-18/h2-3,7,11-12,16H,4-6,8-10,13H2,1H3. The van der Waals surface area contributed by atoms with Gasteiger partial charge in [0.2, 0.25) is 10.0 Å². The number of thiophene rings is 1. The van der Waals surface area contributed by atoms with Crippen LogP contribution in [0.15, 0.2) is 34.5 Å². The van der Waals surface area contributed by atoms with Crippen molar-refractivity contribution >= 4 is 21.4 Å². The van der Waals surface area contributed by atoms with Gasteiger partial charge in [0.25, 0.3) is 0 Å². The molecule has 3 heterocycles. The summed E-state index contributed by atoms with van der Waals surface area (Å²) in [5.41, 5.74) is 1.41. The molecule has 1 saturated heterocycles. The molecular formula is C19H23FN2O3S2. The van der Waals surface area contributed by atoms with E-state index in [1.807, 2.05) is 11.3 Å². The van der Waals surface area contributed by atoms with Crippen molar-refractivity contribution in [1.29, 1.82) is 0 Å². The second-order valence-electron chi connectivity index (χ2n) is 7.02. The average molecular weight is 411 g/mol. The quantitative estimate of drug-likeness (QED) is 0.777. The van der Waals surface area contributed by atoms with Crippen LogP contribution in [0.1, 0.15) is 23.3 Å². The predicted octanol–water partition coefficient (Wildman–Crippen LogP) is 3.11. The smallest absolute Gasteiger partial charge is 0.246 e. The van der Waals surface area contributed by atoms with E-state index in [9.17, 15) is 12.8 Å². The molecule has 8 heteroatoms. The first-order valence-electron chi connectivity index (χ1n) is 9.12. The summed E-state index contributed by atoms with van der Waals surface area (Å²) in [5, 5.41) is 2.15. The summed E-state index contributed by atoms with van der Waals surface area (Å²) in [5.74, 6) is -0.399. The van der Waals surface area contributed by atoms with Gasteiger partial charge in [0.1, 0.15) is 16.5 Å². The maximum atomic E-state index is 13.6. The molecule has 0 spiro atoms. The first-order chi connectivity index (χ1) is 13.0. The van der Waals surface area contributed by atoms with Crippen LogP contribution in [0.4, 0.5) is 4.39 Å². The first-order valence-corrected chi connectivity index (χ1v) is 11.4. The van der Waals surface area contributed by atoms with E-state index in [1.165, 1.54) is 34.0 Å². The van der Waals surface area contributed by atoms with Gasteiger partial charge in [0.15, 0.2) is 0 Å². The van der Waals surface area contributed by atoms with Gasteiger partial charge < -0.3 is 4.74 Å². The van der Waals surface area contributed by atoms with Gasteiger partial charge in [-0.15, -0.1) is 11.3 Å². The van der Waals surface area contributed by atoms with E-state index in [0.717, 1.165) is 38.4 Å². The molecule has 0 radical (unpaired) electrons. The predicted molar refractivity (Wildman–Crippen MR) is 103 cm³/mol. The zero-order chi connectivity index (χ0) is 19.0. The zero-order valence-corrected chi connectivity index (χ0v) is 16.9. The van der Waals surface area contributed by atoms with Gasteiger partial charge in [0.05, 0.1) is 7.11 Å². The molecule has 0 N–H and O–H groups in total. The number of ether oxygens (including phenoxy) is 1. The largest absolute Gasteiger partial charge is 0.495 e. The van der Waals surface area contributed by atoms with Crippen LogP contribution in [-0.4, -0.2) is 50.4 Å². The maximum absolute atomic E-state index is 13.6. The Hall–Kier alpha value is -1.48. The highest BCUT2D eigenvalue weighted by atomic mass is 32.2. The molecule has 2 aliphatic rings. The van der Waals surface area contributed by atoms with Crippen LogP contribution in [0.2, 0.25) is 0 Å². The minimum Gasteiger partial charge on any atom is -0.495 e. The number of hydrogen-bond donors (Lipinski definition) is 0. The number of nitrogens with zero attached hydrogens (tertiary/aromatic N) is 2. The fraction of sp³-hybridized carbons (Fsp3) is 0.474. The number of halogens is 1. The van der Waals surface area contributed by atoms with E-state index in [2.05, 4.69) is 16.3 Å². The number of sulfonamides is 1. The van der Waals surface area contributed by atoms with E-state index in [4.69, 9.17) is 4.74 Å². The van der Waals surface area contributed by atoms with Crippen molar-refractivity contribution in [3.05, 3.63) is 45.9 Å². The van der Waals surface area contributed by atoms with E-state index in [0.29, 0.717) is 19.1 Å². The molecule has 0 atom stereocenters. The Morgan fingerprint density at radius 1 is 1.19 bits per heavy atom. The van der Waals surface area contributed by atoms with Crippen LogP contribution < -0.4 is 4.74 Å². The van der Waals surface area contributed by atoms with Gasteiger partial charge in [-0.2, -0.15) is 4.31 Å². The van der Waals surface area contributed by atoms with Gasteiger partial charge in [-0.25, -0.2) is 12.8 Å². The molecule has 146 valence electrons. The highest BCUT2D eigenvalue weighted by molar-refractivity contribution is 7.89. The summed E-state index contributed by atoms with van der Waals surface area (Å²) >= 11 is 1.82. The molecular weight excluding hydrogens is 387 g/mol. The fourth-order valence-electron chi connectivity index (χ4n) is 4.02. The third kappa shape index (κ3) is 3.63. The molecule has 0 amide bonds. The summed E-state index contributed by atoms with van der Waals surface area (Å²) < 4.78 is 46.2. The monoisotopic (exact) mass is 410 g/mol. The number of rotatable bonds is 4. The van der Waals surface area contributed by atoms with Crippen LogP contribution >= 0.6 is 11.3 Å². The molecule has 27 heavy (non-hydrogen) atoms. The van der Waals surface area contributed by atoms with Crippen molar-refractivity contribution in [1.82, 2.24) is 9.21 Å². The Balaban J connectivity index is 1.45. The molecule has 2 aliphatic heterocycles. The van der Waals surface area contributed by atoms with Crippen molar-refractivity contribution in [2.45, 2.75) is 36.7 Å². The number of piperidine rings is 1. The van der Waals surface area contributed by atoms with Crippen molar-refractivity contribution < 1.29 is 17.5 Å². The van der Waals surface area contributed by atoms with Gasteiger partial charge in [-0.05, 0) is 54.5 Å². The highest BCUT2D eigenvalue weighted by Gasteiger charge is 2.34. The van der Waals surface area contributed by atoms with E-state index < -0.39 is 15.8 Å². The number of hydrogen-bond acceptors (Lipinski definition) is 5. The van der Waals surface area contributed by atoms with Crippen LogP contribution in [0.5, 0.6) is 5.75 Å². The molecule has 1 aromatic carbocycles. The van der Waals surface area contributed by atoms with Gasteiger partial charge in [0, 0.05) is 37.1 Å². The van der Waals surface area contributed by atoms with Gasteiger partial charge in [-0.1, -0.05) is 0 Å². The van der Waals surface area contributed by atoms with E-state index in [-0.39, 0.29) is 10.6 Å². The molecule has 1 fully saturated rings. The van der Waals surface area contributed by atoms with Crippen molar-refractivity contribution in [3.8, 4) is 5.75 Å². The fourth-order valence-corrected chi connectivity index (χ4v) is 6.55. The summed E-state index contributed by atoms with van der Waals surface area (Å²) in [6.07, 6.45) is 2.65. The normalized spacial score (nSPS) is 19.8. The third-order valence-electron chi connectivity index (χ3n) is 5.52. The second kappa shape index (κ2) is 7.50. The molecule has 0 aliphatic carbocycles. The summed E-state index contributed by atoms with van der Waals surface area (Å²) in [7, 11) is -2.37. The van der Waals surface area contributed by atoms with Crippen LogP contribution in [0.3, 0.4) is 0 Å². The maximum Gasteiger partial charge on any atom is 0.246 e. The Morgan fingerprint density at radius 3 is 2.70 bits per heavy atom. The zero-order valence-electron chi connectivity index (χ0n) is 15.2. The lowest BCUT2D eigenvalue weighted by atomic mass is 10.0. The van der Waals surface area contributed by atoms with Crippen molar-refractivity contribution in [2.24, 2.45) is 0 Å². The van der Waals surface area contributed by atoms with Gasteiger partial charge >= 0.3 is 0 Å². The second-order valence-corrected chi connectivity index (χ2v) is 9.93. The Morgan fingerprint density at radius 2 is 1.96 bits per heavy atom. The molecule has 5 nitrogen and oxygen atoms in total. The Kier molecular flexibility index (Phi) is 5.24. The van der Waals surface area contributed by atoms with Crippen LogP contribution in [-0.2, 0) is 23.0 Å². The van der Waals surface area contributed by atoms with Crippen molar-refractivity contribution in [3.63, 3.8) is 0 Å². The van der Waals surface area contributed by atoms with Crippen LogP contribution in [0.25, 0.3) is 0 Å². The number of methoxy groups -OCH3 is 1. The summed E-state index contributed by atoms with van der Waals surface area (Å²) in [6.45, 7) is 2.87. The highest BCUT2D eigenvalue weighted by Crippen LogP contribution is 2.32.